The molecule has 0 unspecified atom stereocenters. The van der Waals surface area contributed by atoms with Gasteiger partial charge in [-0.15, -0.1) is 0 Å². The number of pyridine rings is 1. The van der Waals surface area contributed by atoms with Gasteiger partial charge in [0.2, 0.25) is 0 Å². The molecule has 0 amide bonds. The van der Waals surface area contributed by atoms with Crippen LogP contribution in [0.25, 0.3) is 0 Å². The van der Waals surface area contributed by atoms with E-state index in [2.05, 4.69) is 42.3 Å². The highest BCUT2D eigenvalue weighted by Crippen LogP contribution is 2.36. The zero-order valence-corrected chi connectivity index (χ0v) is 14.9. The molecule has 1 heterocycles. The van der Waals surface area contributed by atoms with Crippen LogP contribution in [0.5, 0.6) is 11.5 Å². The van der Waals surface area contributed by atoms with Crippen LogP contribution in [-0.2, 0) is 6.61 Å². The molecule has 0 radical (unpaired) electrons. The summed E-state index contributed by atoms with van der Waals surface area (Å²) in [6, 6.07) is 7.02. The minimum atomic E-state index is 0.214. The topological polar surface area (TPSA) is 69.4 Å². The number of ether oxygens (including phenoxy) is 2. The second-order valence-electron chi connectivity index (χ2n) is 3.98. The van der Waals surface area contributed by atoms with E-state index in [4.69, 9.17) is 26.9 Å². The highest BCUT2D eigenvalue weighted by atomic mass is 79.9. The van der Waals surface area contributed by atoms with Crippen LogP contribution in [0.2, 0.25) is 5.02 Å². The van der Waals surface area contributed by atoms with Gasteiger partial charge in [-0.3, -0.25) is 0 Å². The molecule has 2 rings (SSSR count). The van der Waals surface area contributed by atoms with Gasteiger partial charge in [0.05, 0.1) is 26.8 Å². The van der Waals surface area contributed by atoms with Gasteiger partial charge in [0.25, 0.3) is 0 Å². The smallest absolute Gasteiger partial charge is 0.140 e. The highest BCUT2D eigenvalue weighted by molar-refractivity contribution is 9.11. The van der Waals surface area contributed by atoms with Crippen molar-refractivity contribution in [2.45, 2.75) is 6.61 Å². The maximum atomic E-state index is 6.09. The van der Waals surface area contributed by atoms with E-state index in [1.807, 2.05) is 12.1 Å². The summed E-state index contributed by atoms with van der Waals surface area (Å²) in [4.78, 5) is 4.25. The molecule has 21 heavy (non-hydrogen) atoms. The van der Waals surface area contributed by atoms with Crippen LogP contribution >= 0.6 is 43.5 Å². The van der Waals surface area contributed by atoms with E-state index in [0.717, 1.165) is 8.95 Å². The normalized spacial score (nSPS) is 10.3. The van der Waals surface area contributed by atoms with Crippen LogP contribution in [0.3, 0.4) is 0 Å². The largest absolute Gasteiger partial charge is 0.496 e. The number of nitrogens with zero attached hydrogens (tertiary/aromatic N) is 1. The van der Waals surface area contributed by atoms with Crippen molar-refractivity contribution in [1.82, 2.24) is 4.98 Å². The van der Waals surface area contributed by atoms with E-state index in [9.17, 15) is 0 Å². The number of anilines is 1. The van der Waals surface area contributed by atoms with E-state index in [-0.39, 0.29) is 6.61 Å². The van der Waals surface area contributed by atoms with E-state index < -0.39 is 0 Å². The number of benzene rings is 1. The monoisotopic (exact) mass is 435 g/mol. The Morgan fingerprint density at radius 1 is 1.24 bits per heavy atom. The van der Waals surface area contributed by atoms with E-state index >= 15 is 0 Å². The number of aromatic nitrogens is 1. The predicted octanol–water partition coefficient (Wildman–Crippen LogP) is 4.13. The Hall–Kier alpha value is -1.02. The van der Waals surface area contributed by atoms with Gasteiger partial charge in [-0.05, 0) is 56.1 Å². The third kappa shape index (κ3) is 4.00. The first-order valence-electron chi connectivity index (χ1n) is 5.83. The minimum absolute atomic E-state index is 0.214. The number of hydrogen-bond donors (Lipinski definition) is 2. The summed E-state index contributed by atoms with van der Waals surface area (Å²) in [7, 11) is 1.60. The van der Waals surface area contributed by atoms with Gasteiger partial charge in [-0.1, -0.05) is 11.6 Å². The second kappa shape index (κ2) is 7.31. The predicted molar refractivity (Wildman–Crippen MR) is 89.8 cm³/mol. The Morgan fingerprint density at radius 2 is 1.90 bits per heavy atom. The average molecular weight is 438 g/mol. The van der Waals surface area contributed by atoms with Crippen molar-refractivity contribution in [2.24, 2.45) is 5.84 Å². The van der Waals surface area contributed by atoms with Gasteiger partial charge in [-0.25, -0.2) is 10.8 Å². The fourth-order valence-corrected chi connectivity index (χ4v) is 2.67. The zero-order chi connectivity index (χ0) is 15.4. The number of nitrogens with one attached hydrogen (secondary N) is 1. The fourth-order valence-electron chi connectivity index (χ4n) is 1.59. The number of hydrogen-bond acceptors (Lipinski definition) is 5. The van der Waals surface area contributed by atoms with Gasteiger partial charge in [0, 0.05) is 0 Å². The lowest BCUT2D eigenvalue weighted by Crippen LogP contribution is -2.10. The molecule has 0 spiro atoms. The molecule has 112 valence electrons. The van der Waals surface area contributed by atoms with Crippen molar-refractivity contribution in [3.63, 3.8) is 0 Å². The van der Waals surface area contributed by atoms with Gasteiger partial charge in [0.1, 0.15) is 23.9 Å². The first-order chi connectivity index (χ1) is 10.0. The van der Waals surface area contributed by atoms with Gasteiger partial charge >= 0.3 is 0 Å². The number of nitrogen functional groups attached to an aromatic ring is 1. The van der Waals surface area contributed by atoms with Crippen molar-refractivity contribution < 1.29 is 9.47 Å². The van der Waals surface area contributed by atoms with Crippen LogP contribution in [0.1, 0.15) is 5.69 Å². The molecule has 0 saturated heterocycles. The first-order valence-corrected chi connectivity index (χ1v) is 7.79. The Labute approximate surface area is 144 Å². The summed E-state index contributed by atoms with van der Waals surface area (Å²) >= 11 is 12.9. The molecule has 0 aliphatic heterocycles. The number of methoxy groups -OCH3 is 1. The summed E-state index contributed by atoms with van der Waals surface area (Å²) < 4.78 is 12.5. The summed E-state index contributed by atoms with van der Waals surface area (Å²) in [5.41, 5.74) is 3.06. The highest BCUT2D eigenvalue weighted by Gasteiger charge is 2.10. The summed E-state index contributed by atoms with van der Waals surface area (Å²) in [5.74, 6) is 7.20. The number of nitrogens with two attached hydrogens (primary N) is 1. The maximum absolute atomic E-state index is 6.09. The lowest BCUT2D eigenvalue weighted by atomic mass is 10.3. The fraction of sp³-hybridized carbons (Fsp3) is 0.154. The van der Waals surface area contributed by atoms with Crippen molar-refractivity contribution >= 4 is 49.3 Å². The van der Waals surface area contributed by atoms with Crippen molar-refractivity contribution in [3.05, 3.63) is 43.9 Å². The summed E-state index contributed by atoms with van der Waals surface area (Å²) in [6.07, 6.45) is 0. The average Bonchev–Trinajstić information content (AvgIpc) is 2.49. The molecule has 0 saturated carbocycles. The van der Waals surface area contributed by atoms with Crippen LogP contribution in [-0.4, -0.2) is 12.1 Å². The molecule has 1 aromatic carbocycles. The number of rotatable bonds is 5. The molecule has 0 atom stereocenters. The Balaban J connectivity index is 2.18. The molecule has 0 bridgehead atoms. The Morgan fingerprint density at radius 3 is 2.57 bits per heavy atom. The molecule has 0 aliphatic carbocycles. The van der Waals surface area contributed by atoms with Crippen molar-refractivity contribution in [1.29, 1.82) is 0 Å². The third-order valence-electron chi connectivity index (χ3n) is 2.64. The molecule has 0 aliphatic rings. The third-order valence-corrected chi connectivity index (χ3v) is 4.22. The van der Waals surface area contributed by atoms with Crippen molar-refractivity contribution in [2.75, 3.05) is 12.5 Å². The molecular formula is C13H12Br2ClN3O2. The van der Waals surface area contributed by atoms with Crippen LogP contribution in [0.15, 0.2) is 33.2 Å². The van der Waals surface area contributed by atoms with Gasteiger partial charge in [-0.2, -0.15) is 0 Å². The summed E-state index contributed by atoms with van der Waals surface area (Å²) in [6.45, 7) is 0.214. The van der Waals surface area contributed by atoms with Gasteiger partial charge < -0.3 is 14.9 Å². The summed E-state index contributed by atoms with van der Waals surface area (Å²) in [5, 5.41) is 0.512. The van der Waals surface area contributed by atoms with Gasteiger partial charge in [0.15, 0.2) is 0 Å². The maximum Gasteiger partial charge on any atom is 0.140 e. The van der Waals surface area contributed by atoms with Crippen molar-refractivity contribution in [3.8, 4) is 11.5 Å². The zero-order valence-electron chi connectivity index (χ0n) is 11.0. The molecule has 3 N–H and O–H groups in total. The molecule has 0 fully saturated rings. The molecule has 1 aromatic heterocycles. The second-order valence-corrected chi connectivity index (χ2v) is 6.09. The standard InChI is InChI=1S/C13H12Br2ClN3O2/c1-20-11-4-8(15)12(5-7(11)14)21-6-10-9(16)2-3-13(18-10)19-17/h2-5H,6,17H2,1H3,(H,18,19). The molecule has 2 aromatic rings. The van der Waals surface area contributed by atoms with Crippen LogP contribution < -0.4 is 20.7 Å². The number of hydrazine groups is 1. The van der Waals surface area contributed by atoms with Crippen LogP contribution in [0.4, 0.5) is 5.82 Å². The lowest BCUT2D eigenvalue weighted by Gasteiger charge is -2.12. The number of halogens is 3. The lowest BCUT2D eigenvalue weighted by molar-refractivity contribution is 0.298. The van der Waals surface area contributed by atoms with Crippen LogP contribution in [0, 0.1) is 0 Å². The molecular weight excluding hydrogens is 425 g/mol. The SMILES string of the molecule is COc1cc(Br)c(OCc2nc(NN)ccc2Cl)cc1Br. The quantitative estimate of drug-likeness (QED) is 0.544. The molecule has 8 heteroatoms. The Bertz CT molecular complexity index is 656. The van der Waals surface area contributed by atoms with E-state index in [1.165, 1.54) is 0 Å². The van der Waals surface area contributed by atoms with E-state index in [0.29, 0.717) is 28.0 Å². The minimum Gasteiger partial charge on any atom is -0.496 e. The first kappa shape index (κ1) is 16.4. The van der Waals surface area contributed by atoms with E-state index in [1.54, 1.807) is 19.2 Å². The molecule has 5 nitrogen and oxygen atoms in total. The Kier molecular flexibility index (Phi) is 5.69.